The molecule has 0 unspecified atom stereocenters. The van der Waals surface area contributed by atoms with Crippen LogP contribution in [0.5, 0.6) is 0 Å². The van der Waals surface area contributed by atoms with Gasteiger partial charge in [-0.1, -0.05) is 19.7 Å². The van der Waals surface area contributed by atoms with Crippen molar-refractivity contribution in [2.45, 2.75) is 70.3 Å². The van der Waals surface area contributed by atoms with Gasteiger partial charge in [0.25, 0.3) is 5.97 Å². The van der Waals surface area contributed by atoms with E-state index >= 15 is 0 Å². The normalized spacial score (nSPS) is 36.8. The fourth-order valence-corrected chi connectivity index (χ4v) is 3.42. The van der Waals surface area contributed by atoms with E-state index in [9.17, 15) is 14.4 Å². The predicted molar refractivity (Wildman–Crippen MR) is 97.1 cm³/mol. The molecule has 158 valence electrons. The third kappa shape index (κ3) is 3.85. The van der Waals surface area contributed by atoms with Crippen LogP contribution in [0.4, 0.5) is 0 Å². The second kappa shape index (κ2) is 7.40. The summed E-state index contributed by atoms with van der Waals surface area (Å²) in [6, 6.07) is 0. The fourth-order valence-electron chi connectivity index (χ4n) is 3.42. The molecule has 3 saturated heterocycles. The molecule has 4 bridgehead atoms. The van der Waals surface area contributed by atoms with Gasteiger partial charge in [0.1, 0.15) is 18.3 Å². The maximum absolute atomic E-state index is 12.2. The minimum atomic E-state index is -1.47. The van der Waals surface area contributed by atoms with Crippen LogP contribution in [0.3, 0.4) is 0 Å². The Kier molecular flexibility index (Phi) is 5.42. The molecule has 4 fully saturated rings. The summed E-state index contributed by atoms with van der Waals surface area (Å²) in [5.74, 6) is -3.52. The summed E-state index contributed by atoms with van der Waals surface area (Å²) in [5, 5.41) is 0. The Morgan fingerprint density at radius 1 is 0.655 bits per heavy atom. The van der Waals surface area contributed by atoms with Crippen molar-refractivity contribution in [3.63, 3.8) is 0 Å². The van der Waals surface area contributed by atoms with Crippen molar-refractivity contribution in [3.05, 3.63) is 36.5 Å². The van der Waals surface area contributed by atoms with Gasteiger partial charge in [-0.05, 0) is 20.8 Å². The van der Waals surface area contributed by atoms with Crippen molar-refractivity contribution in [2.75, 3.05) is 0 Å². The molecular weight excluding hydrogens is 384 g/mol. The van der Waals surface area contributed by atoms with E-state index in [-0.39, 0.29) is 16.7 Å². The van der Waals surface area contributed by atoms with Gasteiger partial charge < -0.3 is 28.4 Å². The molecule has 0 aromatic carbocycles. The quantitative estimate of drug-likeness (QED) is 0.365. The molecule has 3 aliphatic heterocycles. The molecule has 0 radical (unpaired) electrons. The fraction of sp³-hybridized carbons (Fsp3) is 0.550. The van der Waals surface area contributed by atoms with Crippen LogP contribution in [0.25, 0.3) is 0 Å². The zero-order valence-electron chi connectivity index (χ0n) is 16.8. The van der Waals surface area contributed by atoms with Crippen LogP contribution in [0, 0.1) is 0 Å². The Labute approximate surface area is 168 Å². The molecule has 1 aliphatic carbocycles. The standard InChI is InChI=1S/C20H24O9/c1-8(2)17(21)24-11-14-12(25-18(22)9(3)4)16-13(26-19(23)10(5)6)15(11)28-20(7,27-14)29-16/h11-16H,1,3,5H2,2,4,6-7H3. The van der Waals surface area contributed by atoms with Crippen LogP contribution in [0.1, 0.15) is 27.7 Å². The molecular formula is C20H24O9. The lowest BCUT2D eigenvalue weighted by Gasteiger charge is -2.60. The van der Waals surface area contributed by atoms with E-state index in [1.807, 2.05) is 0 Å². The van der Waals surface area contributed by atoms with E-state index in [2.05, 4.69) is 19.7 Å². The van der Waals surface area contributed by atoms with Crippen LogP contribution in [0.15, 0.2) is 36.5 Å². The minimum absolute atomic E-state index is 0.159. The van der Waals surface area contributed by atoms with Gasteiger partial charge in [-0.15, -0.1) is 0 Å². The highest BCUT2D eigenvalue weighted by Crippen LogP contribution is 2.48. The monoisotopic (exact) mass is 408 g/mol. The van der Waals surface area contributed by atoms with Gasteiger partial charge in [0.05, 0.1) is 0 Å². The molecule has 9 heteroatoms. The van der Waals surface area contributed by atoms with E-state index in [0.717, 1.165) is 0 Å². The molecule has 0 atom stereocenters. The highest BCUT2D eigenvalue weighted by atomic mass is 16.9. The zero-order valence-corrected chi connectivity index (χ0v) is 16.8. The highest BCUT2D eigenvalue weighted by molar-refractivity contribution is 5.88. The first kappa shape index (κ1) is 21.2. The summed E-state index contributed by atoms with van der Waals surface area (Å²) < 4.78 is 33.9. The van der Waals surface area contributed by atoms with Crippen LogP contribution in [0.2, 0.25) is 0 Å². The maximum atomic E-state index is 12.2. The number of hydrogen-bond donors (Lipinski definition) is 0. The van der Waals surface area contributed by atoms with Gasteiger partial charge in [-0.2, -0.15) is 0 Å². The van der Waals surface area contributed by atoms with E-state index in [4.69, 9.17) is 28.4 Å². The lowest BCUT2D eigenvalue weighted by atomic mass is 9.81. The third-order valence-electron chi connectivity index (χ3n) is 4.77. The second-order valence-electron chi connectivity index (χ2n) is 7.56. The molecule has 0 aromatic heterocycles. The Hall–Kier alpha value is -2.49. The second-order valence-corrected chi connectivity index (χ2v) is 7.56. The topological polar surface area (TPSA) is 107 Å². The van der Waals surface area contributed by atoms with E-state index in [1.165, 1.54) is 27.7 Å². The van der Waals surface area contributed by atoms with Gasteiger partial charge >= 0.3 is 17.9 Å². The average Bonchev–Trinajstić information content (AvgIpc) is 2.62. The van der Waals surface area contributed by atoms with Crippen molar-refractivity contribution >= 4 is 17.9 Å². The van der Waals surface area contributed by atoms with Crippen molar-refractivity contribution in [1.29, 1.82) is 0 Å². The Bertz CT molecular complexity index is 683. The predicted octanol–water partition coefficient (Wildman–Crippen LogP) is 1.32. The molecule has 3 heterocycles. The largest absolute Gasteiger partial charge is 0.453 e. The summed E-state index contributed by atoms with van der Waals surface area (Å²) in [4.78, 5) is 36.5. The first-order chi connectivity index (χ1) is 13.4. The Balaban J connectivity index is 1.97. The number of hydrogen-bond acceptors (Lipinski definition) is 9. The van der Waals surface area contributed by atoms with Crippen molar-refractivity contribution < 1.29 is 42.8 Å². The Morgan fingerprint density at radius 3 is 1.10 bits per heavy atom. The van der Waals surface area contributed by atoms with Gasteiger partial charge in [-0.3, -0.25) is 0 Å². The molecule has 0 spiro atoms. The van der Waals surface area contributed by atoms with Crippen molar-refractivity contribution in [3.8, 4) is 0 Å². The van der Waals surface area contributed by atoms with E-state index < -0.39 is 60.5 Å². The van der Waals surface area contributed by atoms with Crippen LogP contribution < -0.4 is 0 Å². The number of rotatable bonds is 6. The third-order valence-corrected chi connectivity index (χ3v) is 4.77. The van der Waals surface area contributed by atoms with Crippen LogP contribution in [-0.2, 0) is 42.8 Å². The lowest BCUT2D eigenvalue weighted by molar-refractivity contribution is -0.529. The molecule has 1 saturated carbocycles. The highest BCUT2D eigenvalue weighted by Gasteiger charge is 2.69. The Morgan fingerprint density at radius 2 is 0.897 bits per heavy atom. The molecule has 0 aromatic rings. The molecule has 29 heavy (non-hydrogen) atoms. The van der Waals surface area contributed by atoms with Crippen LogP contribution >= 0.6 is 0 Å². The average molecular weight is 408 g/mol. The zero-order chi connectivity index (χ0) is 21.7. The maximum Gasteiger partial charge on any atom is 0.333 e. The first-order valence-corrected chi connectivity index (χ1v) is 9.06. The number of carbonyl (C=O) groups is 3. The van der Waals surface area contributed by atoms with Gasteiger partial charge in [0.2, 0.25) is 0 Å². The SMILES string of the molecule is C=C(C)C(=O)OC1C2OC3(C)OC1C(OC(=O)C(=C)C)C(O3)C2OC(=O)C(=C)C. The summed E-state index contributed by atoms with van der Waals surface area (Å²) in [6.45, 7) is 16.7. The van der Waals surface area contributed by atoms with E-state index in [0.29, 0.717) is 0 Å². The smallest absolute Gasteiger partial charge is 0.333 e. The molecule has 4 rings (SSSR count). The minimum Gasteiger partial charge on any atom is -0.453 e. The summed E-state index contributed by atoms with van der Waals surface area (Å²) in [5.41, 5.74) is 0.478. The number of carbonyl (C=O) groups excluding carboxylic acids is 3. The van der Waals surface area contributed by atoms with E-state index in [1.54, 1.807) is 0 Å². The number of ether oxygens (including phenoxy) is 6. The van der Waals surface area contributed by atoms with Gasteiger partial charge in [0, 0.05) is 23.6 Å². The molecule has 0 N–H and O–H groups in total. The number of esters is 3. The molecule has 0 amide bonds. The summed E-state index contributed by atoms with van der Waals surface area (Å²) >= 11 is 0. The van der Waals surface area contributed by atoms with Crippen LogP contribution in [-0.4, -0.2) is 60.5 Å². The summed E-state index contributed by atoms with van der Waals surface area (Å²) in [6.07, 6.45) is -5.79. The van der Waals surface area contributed by atoms with Gasteiger partial charge in [0.15, 0.2) is 18.3 Å². The van der Waals surface area contributed by atoms with Gasteiger partial charge in [-0.25, -0.2) is 14.4 Å². The van der Waals surface area contributed by atoms with Crippen molar-refractivity contribution in [1.82, 2.24) is 0 Å². The van der Waals surface area contributed by atoms with Crippen molar-refractivity contribution in [2.24, 2.45) is 0 Å². The summed E-state index contributed by atoms with van der Waals surface area (Å²) in [7, 11) is 0. The molecule has 4 aliphatic rings. The molecule has 9 nitrogen and oxygen atoms in total. The first-order valence-electron chi connectivity index (χ1n) is 9.06. The lowest BCUT2D eigenvalue weighted by Crippen LogP contribution is -2.79.